The Morgan fingerprint density at radius 1 is 1.14 bits per heavy atom. The van der Waals surface area contributed by atoms with Crippen molar-refractivity contribution in [2.24, 2.45) is 0 Å². The van der Waals surface area contributed by atoms with Crippen molar-refractivity contribution in [2.45, 2.75) is 26.7 Å². The van der Waals surface area contributed by atoms with E-state index in [4.69, 9.17) is 11.6 Å². The molecule has 0 spiro atoms. The number of nitrogens with zero attached hydrogens (tertiary/aromatic N) is 1. The van der Waals surface area contributed by atoms with Gasteiger partial charge in [0.15, 0.2) is 5.78 Å². The van der Waals surface area contributed by atoms with Crippen molar-refractivity contribution in [1.29, 1.82) is 0 Å². The Morgan fingerprint density at radius 3 is 2.43 bits per heavy atom. The van der Waals surface area contributed by atoms with E-state index >= 15 is 0 Å². The summed E-state index contributed by atoms with van der Waals surface area (Å²) in [4.78, 5) is 13.7. The Morgan fingerprint density at radius 2 is 1.86 bits per heavy atom. The van der Waals surface area contributed by atoms with E-state index in [1.54, 1.807) is 13.0 Å². The smallest absolute Gasteiger partial charge is 0.159 e. The van der Waals surface area contributed by atoms with Crippen LogP contribution in [0.2, 0.25) is 5.02 Å². The van der Waals surface area contributed by atoms with Crippen molar-refractivity contribution in [2.75, 3.05) is 11.4 Å². The number of hydrogen-bond donors (Lipinski definition) is 0. The van der Waals surface area contributed by atoms with Crippen LogP contribution < -0.4 is 4.90 Å². The van der Waals surface area contributed by atoms with Crippen molar-refractivity contribution in [3.8, 4) is 0 Å². The van der Waals surface area contributed by atoms with Crippen molar-refractivity contribution < 1.29 is 4.79 Å². The average molecular weight is 302 g/mol. The first-order valence-electron chi connectivity index (χ1n) is 7.26. The van der Waals surface area contributed by atoms with E-state index in [0.29, 0.717) is 10.6 Å². The van der Waals surface area contributed by atoms with Crippen LogP contribution >= 0.6 is 11.6 Å². The van der Waals surface area contributed by atoms with Crippen LogP contribution in [-0.2, 0) is 0 Å². The fourth-order valence-electron chi connectivity index (χ4n) is 2.26. The van der Waals surface area contributed by atoms with E-state index < -0.39 is 0 Å². The van der Waals surface area contributed by atoms with Gasteiger partial charge < -0.3 is 4.90 Å². The van der Waals surface area contributed by atoms with Gasteiger partial charge in [-0.15, -0.1) is 0 Å². The van der Waals surface area contributed by atoms with Gasteiger partial charge in [0.2, 0.25) is 0 Å². The van der Waals surface area contributed by atoms with Crippen LogP contribution in [0.15, 0.2) is 48.5 Å². The summed E-state index contributed by atoms with van der Waals surface area (Å²) in [6, 6.07) is 15.7. The molecular formula is C18H20ClNO. The molecule has 0 saturated heterocycles. The molecule has 0 atom stereocenters. The number of carbonyl (C=O) groups is 1. The first-order chi connectivity index (χ1) is 10.1. The number of benzene rings is 2. The second kappa shape index (κ2) is 7.28. The van der Waals surface area contributed by atoms with Crippen LogP contribution in [0.5, 0.6) is 0 Å². The summed E-state index contributed by atoms with van der Waals surface area (Å²) in [6.07, 6.45) is 2.20. The molecule has 2 aromatic rings. The highest BCUT2D eigenvalue weighted by atomic mass is 35.5. The Labute approximate surface area is 131 Å². The highest BCUT2D eigenvalue weighted by molar-refractivity contribution is 6.33. The van der Waals surface area contributed by atoms with Gasteiger partial charge >= 0.3 is 0 Å². The lowest BCUT2D eigenvalue weighted by Crippen LogP contribution is -2.18. The number of anilines is 2. The lowest BCUT2D eigenvalue weighted by molar-refractivity contribution is 0.101. The van der Waals surface area contributed by atoms with Gasteiger partial charge in [-0.3, -0.25) is 4.79 Å². The standard InChI is InChI=1S/C18H20ClNO/c1-3-4-12-20(16-8-6-5-7-9-16)18-11-10-15(14(2)21)13-17(18)19/h5-11,13H,3-4,12H2,1-2H3. The van der Waals surface area contributed by atoms with Crippen molar-refractivity contribution in [1.82, 2.24) is 0 Å². The Hall–Kier alpha value is -1.80. The third-order valence-corrected chi connectivity index (χ3v) is 3.75. The van der Waals surface area contributed by atoms with Crippen molar-refractivity contribution in [3.05, 3.63) is 59.1 Å². The zero-order valence-corrected chi connectivity index (χ0v) is 13.2. The SMILES string of the molecule is CCCCN(c1ccccc1)c1ccc(C(C)=O)cc1Cl. The summed E-state index contributed by atoms with van der Waals surface area (Å²) in [5.74, 6) is 0.0308. The quantitative estimate of drug-likeness (QED) is 0.658. The van der Waals surface area contributed by atoms with Gasteiger partial charge in [-0.1, -0.05) is 43.1 Å². The van der Waals surface area contributed by atoms with Crippen LogP contribution in [0, 0.1) is 0 Å². The number of carbonyl (C=O) groups excluding carboxylic acids is 1. The van der Waals surface area contributed by atoms with E-state index in [1.165, 1.54) is 0 Å². The number of unbranched alkanes of at least 4 members (excludes halogenated alkanes) is 1. The van der Waals surface area contributed by atoms with E-state index in [2.05, 4.69) is 24.0 Å². The summed E-state index contributed by atoms with van der Waals surface area (Å²) in [7, 11) is 0. The molecule has 2 nitrogen and oxygen atoms in total. The lowest BCUT2D eigenvalue weighted by Gasteiger charge is -2.26. The number of hydrogen-bond acceptors (Lipinski definition) is 2. The monoisotopic (exact) mass is 301 g/mol. The molecule has 3 heteroatoms. The molecule has 0 fully saturated rings. The molecular weight excluding hydrogens is 282 g/mol. The Balaban J connectivity index is 2.39. The van der Waals surface area contributed by atoms with E-state index in [9.17, 15) is 4.79 Å². The summed E-state index contributed by atoms with van der Waals surface area (Å²) in [5.41, 5.74) is 2.71. The minimum Gasteiger partial charge on any atom is -0.340 e. The van der Waals surface area contributed by atoms with Gasteiger partial charge in [0.25, 0.3) is 0 Å². The van der Waals surface area contributed by atoms with E-state index in [1.807, 2.05) is 30.3 Å². The zero-order valence-electron chi connectivity index (χ0n) is 12.5. The largest absolute Gasteiger partial charge is 0.340 e. The molecule has 0 N–H and O–H groups in total. The first-order valence-corrected chi connectivity index (χ1v) is 7.64. The van der Waals surface area contributed by atoms with Crippen LogP contribution in [0.25, 0.3) is 0 Å². The highest BCUT2D eigenvalue weighted by Crippen LogP contribution is 2.33. The molecule has 0 radical (unpaired) electrons. The second-order valence-electron chi connectivity index (χ2n) is 5.06. The fourth-order valence-corrected chi connectivity index (χ4v) is 2.54. The molecule has 0 aliphatic heterocycles. The van der Waals surface area contributed by atoms with Gasteiger partial charge in [0, 0.05) is 17.8 Å². The second-order valence-corrected chi connectivity index (χ2v) is 5.47. The molecule has 0 saturated carbocycles. The highest BCUT2D eigenvalue weighted by Gasteiger charge is 2.13. The van der Waals surface area contributed by atoms with Gasteiger partial charge in [0.05, 0.1) is 10.7 Å². The van der Waals surface area contributed by atoms with Crippen molar-refractivity contribution >= 4 is 28.8 Å². The number of para-hydroxylation sites is 1. The number of rotatable bonds is 6. The fraction of sp³-hybridized carbons (Fsp3) is 0.278. The maximum Gasteiger partial charge on any atom is 0.159 e. The topological polar surface area (TPSA) is 20.3 Å². The molecule has 0 aliphatic carbocycles. The maximum atomic E-state index is 11.4. The predicted octanol–water partition coefficient (Wildman–Crippen LogP) is 5.48. The van der Waals surface area contributed by atoms with Crippen molar-refractivity contribution in [3.63, 3.8) is 0 Å². The normalized spacial score (nSPS) is 10.4. The molecule has 0 heterocycles. The molecule has 0 aromatic heterocycles. The van der Waals surface area contributed by atoms with Crippen LogP contribution in [0.4, 0.5) is 11.4 Å². The summed E-state index contributed by atoms with van der Waals surface area (Å²) >= 11 is 6.40. The zero-order chi connectivity index (χ0) is 15.2. The molecule has 2 rings (SSSR count). The first kappa shape index (κ1) is 15.6. The molecule has 110 valence electrons. The molecule has 2 aromatic carbocycles. The lowest BCUT2D eigenvalue weighted by atomic mass is 10.1. The van der Waals surface area contributed by atoms with E-state index in [-0.39, 0.29) is 5.78 Å². The van der Waals surface area contributed by atoms with Crippen LogP contribution in [-0.4, -0.2) is 12.3 Å². The minimum atomic E-state index is 0.0308. The number of halogens is 1. The van der Waals surface area contributed by atoms with Gasteiger partial charge in [-0.25, -0.2) is 0 Å². The summed E-state index contributed by atoms with van der Waals surface area (Å²) in [6.45, 7) is 4.63. The maximum absolute atomic E-state index is 11.4. The molecule has 21 heavy (non-hydrogen) atoms. The third kappa shape index (κ3) is 3.85. The van der Waals surface area contributed by atoms with E-state index in [0.717, 1.165) is 30.8 Å². The molecule has 0 amide bonds. The summed E-state index contributed by atoms with van der Waals surface area (Å²) in [5, 5.41) is 0.614. The number of ketones is 1. The average Bonchev–Trinajstić information content (AvgIpc) is 2.50. The summed E-state index contributed by atoms with van der Waals surface area (Å²) < 4.78 is 0. The molecule has 0 unspecified atom stereocenters. The predicted molar refractivity (Wildman–Crippen MR) is 89.8 cm³/mol. The van der Waals surface area contributed by atoms with Gasteiger partial charge in [0.1, 0.15) is 0 Å². The Kier molecular flexibility index (Phi) is 5.40. The number of Topliss-reactive ketones (excluding diaryl/α,β-unsaturated/α-hetero) is 1. The van der Waals surface area contributed by atoms with Gasteiger partial charge in [-0.2, -0.15) is 0 Å². The Bertz CT molecular complexity index is 610. The molecule has 0 bridgehead atoms. The third-order valence-electron chi connectivity index (χ3n) is 3.45. The van der Waals surface area contributed by atoms with Crippen LogP contribution in [0.3, 0.4) is 0 Å². The van der Waals surface area contributed by atoms with Gasteiger partial charge in [-0.05, 0) is 43.7 Å². The van der Waals surface area contributed by atoms with Crippen LogP contribution in [0.1, 0.15) is 37.0 Å². The molecule has 0 aliphatic rings. The minimum absolute atomic E-state index is 0.0308.